The fraction of sp³-hybridized carbons (Fsp3) is 0.421. The van der Waals surface area contributed by atoms with Crippen LogP contribution in [0.15, 0.2) is 30.5 Å². The second-order valence-electron chi connectivity index (χ2n) is 6.72. The van der Waals surface area contributed by atoms with Crippen molar-refractivity contribution in [1.29, 1.82) is 0 Å². The Morgan fingerprint density at radius 1 is 1.25 bits per heavy atom. The summed E-state index contributed by atoms with van der Waals surface area (Å²) in [5.74, 6) is -2.08. The predicted octanol–water partition coefficient (Wildman–Crippen LogP) is 1.95. The summed E-state index contributed by atoms with van der Waals surface area (Å²) >= 11 is 5.73. The molecule has 0 saturated carbocycles. The molecule has 2 aliphatic rings. The standard InChI is InChI=1S/C19H20ClN3O5/c1-11(17(25)22-15-7-6-12(20)10-21-15)28-16(24)8-9-23-18(26)13-4-2-3-5-14(13)19(23)27/h2-3,6-7,10-11,13-14H,4-5,8-9H2,1H3,(H,21,22,25)/t11-,13+,14+/m1/s1. The Balaban J connectivity index is 1.47. The summed E-state index contributed by atoms with van der Waals surface area (Å²) in [6, 6.07) is 3.09. The maximum Gasteiger partial charge on any atom is 0.308 e. The summed E-state index contributed by atoms with van der Waals surface area (Å²) in [5, 5.41) is 2.94. The second-order valence-corrected chi connectivity index (χ2v) is 7.15. The van der Waals surface area contributed by atoms with Gasteiger partial charge in [0.25, 0.3) is 5.91 Å². The van der Waals surface area contributed by atoms with Gasteiger partial charge in [-0.1, -0.05) is 23.8 Å². The molecule has 1 aliphatic carbocycles. The molecule has 0 radical (unpaired) electrons. The van der Waals surface area contributed by atoms with Gasteiger partial charge in [0.15, 0.2) is 6.10 Å². The van der Waals surface area contributed by atoms with Crippen LogP contribution in [0.5, 0.6) is 0 Å². The first-order valence-electron chi connectivity index (χ1n) is 8.99. The van der Waals surface area contributed by atoms with E-state index in [0.717, 1.165) is 4.90 Å². The minimum Gasteiger partial charge on any atom is -0.452 e. The van der Waals surface area contributed by atoms with Crippen LogP contribution in [-0.4, -0.2) is 46.2 Å². The third-order valence-electron chi connectivity index (χ3n) is 4.79. The largest absolute Gasteiger partial charge is 0.452 e. The van der Waals surface area contributed by atoms with Crippen LogP contribution in [0.3, 0.4) is 0 Å². The number of hydrogen-bond donors (Lipinski definition) is 1. The molecule has 0 bridgehead atoms. The molecule has 0 spiro atoms. The number of fused-ring (bicyclic) bond motifs is 1. The summed E-state index contributed by atoms with van der Waals surface area (Å²) in [4.78, 5) is 53.9. The number of carbonyl (C=O) groups excluding carboxylic acids is 4. The van der Waals surface area contributed by atoms with Gasteiger partial charge in [-0.05, 0) is 31.9 Å². The summed E-state index contributed by atoms with van der Waals surface area (Å²) in [6.45, 7) is 1.38. The van der Waals surface area contributed by atoms with E-state index < -0.39 is 18.0 Å². The van der Waals surface area contributed by atoms with Crippen LogP contribution in [0, 0.1) is 11.8 Å². The highest BCUT2D eigenvalue weighted by atomic mass is 35.5. The number of imide groups is 1. The number of pyridine rings is 1. The molecule has 9 heteroatoms. The van der Waals surface area contributed by atoms with Crippen LogP contribution in [0.25, 0.3) is 0 Å². The van der Waals surface area contributed by atoms with Crippen molar-refractivity contribution < 1.29 is 23.9 Å². The average Bonchev–Trinajstić information content (AvgIpc) is 2.92. The quantitative estimate of drug-likeness (QED) is 0.440. The first-order chi connectivity index (χ1) is 13.4. The molecule has 148 valence electrons. The van der Waals surface area contributed by atoms with Gasteiger partial charge in [-0.25, -0.2) is 4.98 Å². The van der Waals surface area contributed by atoms with Gasteiger partial charge in [0.2, 0.25) is 11.8 Å². The number of rotatable bonds is 6. The number of allylic oxidation sites excluding steroid dienone is 2. The van der Waals surface area contributed by atoms with E-state index in [0.29, 0.717) is 17.9 Å². The molecular formula is C19H20ClN3O5. The number of amides is 3. The molecule has 3 atom stereocenters. The highest BCUT2D eigenvalue weighted by Gasteiger charge is 2.47. The lowest BCUT2D eigenvalue weighted by Gasteiger charge is -2.16. The van der Waals surface area contributed by atoms with Gasteiger partial charge in [0.05, 0.1) is 23.3 Å². The van der Waals surface area contributed by atoms with Gasteiger partial charge in [-0.15, -0.1) is 0 Å². The Hall–Kier alpha value is -2.74. The number of ether oxygens (including phenoxy) is 1. The van der Waals surface area contributed by atoms with Crippen LogP contribution >= 0.6 is 11.6 Å². The first-order valence-corrected chi connectivity index (χ1v) is 9.36. The van der Waals surface area contributed by atoms with Crippen LogP contribution < -0.4 is 5.32 Å². The number of anilines is 1. The number of nitrogens with one attached hydrogen (secondary N) is 1. The van der Waals surface area contributed by atoms with Gasteiger partial charge in [-0.3, -0.25) is 24.1 Å². The van der Waals surface area contributed by atoms with E-state index in [2.05, 4.69) is 10.3 Å². The van der Waals surface area contributed by atoms with E-state index in [1.165, 1.54) is 19.2 Å². The number of esters is 1. The lowest BCUT2D eigenvalue weighted by Crippen LogP contribution is -2.35. The fourth-order valence-electron chi connectivity index (χ4n) is 3.28. The van der Waals surface area contributed by atoms with Gasteiger partial charge in [0.1, 0.15) is 5.82 Å². The topological polar surface area (TPSA) is 106 Å². The van der Waals surface area contributed by atoms with Crippen LogP contribution in [-0.2, 0) is 23.9 Å². The van der Waals surface area contributed by atoms with E-state index in [1.54, 1.807) is 6.07 Å². The minimum atomic E-state index is -1.05. The molecule has 0 aromatic carbocycles. The zero-order valence-corrected chi connectivity index (χ0v) is 16.0. The zero-order chi connectivity index (χ0) is 20.3. The highest BCUT2D eigenvalue weighted by molar-refractivity contribution is 6.30. The Bertz CT molecular complexity index is 797. The number of hydrogen-bond acceptors (Lipinski definition) is 6. The summed E-state index contributed by atoms with van der Waals surface area (Å²) in [5.41, 5.74) is 0. The van der Waals surface area contributed by atoms with Crippen molar-refractivity contribution in [2.75, 3.05) is 11.9 Å². The number of carbonyl (C=O) groups is 4. The first kappa shape index (κ1) is 20.0. The van der Waals surface area contributed by atoms with Crippen molar-refractivity contribution in [2.24, 2.45) is 11.8 Å². The van der Waals surface area contributed by atoms with E-state index in [1.807, 2.05) is 12.2 Å². The molecule has 1 aliphatic heterocycles. The number of nitrogens with zero attached hydrogens (tertiary/aromatic N) is 2. The van der Waals surface area contributed by atoms with Crippen LogP contribution in [0.1, 0.15) is 26.2 Å². The van der Waals surface area contributed by atoms with E-state index >= 15 is 0 Å². The van der Waals surface area contributed by atoms with Crippen molar-refractivity contribution in [3.05, 3.63) is 35.5 Å². The maximum absolute atomic E-state index is 12.4. The Kier molecular flexibility index (Phi) is 6.08. The molecule has 1 aromatic rings. The molecule has 8 nitrogen and oxygen atoms in total. The molecule has 1 aromatic heterocycles. The van der Waals surface area contributed by atoms with Crippen molar-refractivity contribution in [3.63, 3.8) is 0 Å². The Morgan fingerprint density at radius 2 is 1.89 bits per heavy atom. The normalized spacial score (nSPS) is 22.0. The summed E-state index contributed by atoms with van der Waals surface area (Å²) in [6.07, 6.45) is 5.06. The zero-order valence-electron chi connectivity index (χ0n) is 15.3. The lowest BCUT2D eigenvalue weighted by molar-refractivity contribution is -0.154. The third kappa shape index (κ3) is 4.39. The van der Waals surface area contributed by atoms with Gasteiger partial charge < -0.3 is 10.1 Å². The third-order valence-corrected chi connectivity index (χ3v) is 5.02. The van der Waals surface area contributed by atoms with E-state index in [9.17, 15) is 19.2 Å². The SMILES string of the molecule is C[C@@H](OC(=O)CCN1C(=O)[C@H]2CC=CC[C@@H]2C1=O)C(=O)Nc1ccc(Cl)cn1. The molecule has 3 amide bonds. The van der Waals surface area contributed by atoms with Crippen LogP contribution in [0.4, 0.5) is 5.82 Å². The average molecular weight is 406 g/mol. The van der Waals surface area contributed by atoms with Crippen molar-refractivity contribution >= 4 is 41.1 Å². The van der Waals surface area contributed by atoms with Crippen molar-refractivity contribution in [2.45, 2.75) is 32.3 Å². The monoisotopic (exact) mass is 405 g/mol. The minimum absolute atomic E-state index is 0.0451. The van der Waals surface area contributed by atoms with Crippen molar-refractivity contribution in [3.8, 4) is 0 Å². The van der Waals surface area contributed by atoms with Crippen molar-refractivity contribution in [1.82, 2.24) is 9.88 Å². The Morgan fingerprint density at radius 3 is 2.46 bits per heavy atom. The smallest absolute Gasteiger partial charge is 0.308 e. The number of likely N-dealkylation sites (tertiary alicyclic amines) is 1. The van der Waals surface area contributed by atoms with Gasteiger partial charge in [0, 0.05) is 12.7 Å². The molecule has 0 unspecified atom stereocenters. The molecule has 28 heavy (non-hydrogen) atoms. The maximum atomic E-state index is 12.4. The van der Waals surface area contributed by atoms with Crippen LogP contribution in [0.2, 0.25) is 5.02 Å². The fourth-order valence-corrected chi connectivity index (χ4v) is 3.39. The molecule has 3 rings (SSSR count). The summed E-state index contributed by atoms with van der Waals surface area (Å²) < 4.78 is 5.09. The van der Waals surface area contributed by atoms with E-state index in [4.69, 9.17) is 16.3 Å². The van der Waals surface area contributed by atoms with Gasteiger partial charge in [-0.2, -0.15) is 0 Å². The lowest BCUT2D eigenvalue weighted by atomic mass is 9.85. The second kappa shape index (κ2) is 8.52. The Labute approximate surface area is 166 Å². The molecule has 1 fully saturated rings. The predicted molar refractivity (Wildman–Crippen MR) is 100 cm³/mol. The summed E-state index contributed by atoms with van der Waals surface area (Å²) in [7, 11) is 0. The number of aromatic nitrogens is 1. The molecule has 1 saturated heterocycles. The molecular weight excluding hydrogens is 386 g/mol. The van der Waals surface area contributed by atoms with Gasteiger partial charge >= 0.3 is 5.97 Å². The van der Waals surface area contributed by atoms with E-state index in [-0.39, 0.29) is 42.4 Å². The highest BCUT2D eigenvalue weighted by Crippen LogP contribution is 2.35. The molecule has 1 N–H and O–H groups in total. The molecule has 2 heterocycles. The number of halogens is 1.